The summed E-state index contributed by atoms with van der Waals surface area (Å²) in [6, 6.07) is 10.9. The maximum atomic E-state index is 13.1. The Hall–Kier alpha value is -2.34. The minimum absolute atomic E-state index is 0.0347. The molecule has 0 N–H and O–H groups in total. The van der Waals surface area contributed by atoms with Gasteiger partial charge in [-0.05, 0) is 75.4 Å². The SMILES string of the molecule is Cn1nccc1C(=O)N1CCCCN2CCCCC2CCc2cccc(c2)OCC1. The Morgan fingerprint density at radius 2 is 1.87 bits per heavy atom. The number of carbonyl (C=O) groups is 1. The van der Waals surface area contributed by atoms with E-state index in [4.69, 9.17) is 4.74 Å². The predicted octanol–water partition coefficient (Wildman–Crippen LogP) is 3.52. The topological polar surface area (TPSA) is 50.6 Å². The first-order valence-corrected chi connectivity index (χ1v) is 11.4. The fourth-order valence-corrected chi connectivity index (χ4v) is 4.76. The third-order valence-corrected chi connectivity index (χ3v) is 6.49. The van der Waals surface area contributed by atoms with Crippen molar-refractivity contribution < 1.29 is 9.53 Å². The zero-order valence-corrected chi connectivity index (χ0v) is 18.1. The average Bonchev–Trinajstić information content (AvgIpc) is 3.19. The second-order valence-corrected chi connectivity index (χ2v) is 8.56. The summed E-state index contributed by atoms with van der Waals surface area (Å²) in [5, 5.41) is 4.16. The van der Waals surface area contributed by atoms with Gasteiger partial charge in [-0.3, -0.25) is 9.48 Å². The Kier molecular flexibility index (Phi) is 7.05. The third-order valence-electron chi connectivity index (χ3n) is 6.49. The van der Waals surface area contributed by atoms with Crippen LogP contribution in [0.3, 0.4) is 0 Å². The summed E-state index contributed by atoms with van der Waals surface area (Å²) in [7, 11) is 1.82. The maximum absolute atomic E-state index is 13.1. The van der Waals surface area contributed by atoms with E-state index < -0.39 is 0 Å². The fraction of sp³-hybridized carbons (Fsp3) is 0.583. The quantitative estimate of drug-likeness (QED) is 0.722. The highest BCUT2D eigenvalue weighted by molar-refractivity contribution is 5.92. The van der Waals surface area contributed by atoms with Crippen LogP contribution in [0.1, 0.15) is 54.6 Å². The lowest BCUT2D eigenvalue weighted by Gasteiger charge is -2.36. The van der Waals surface area contributed by atoms with Crippen LogP contribution in [0.4, 0.5) is 0 Å². The van der Waals surface area contributed by atoms with Gasteiger partial charge in [0, 0.05) is 25.8 Å². The first-order valence-electron chi connectivity index (χ1n) is 11.4. The summed E-state index contributed by atoms with van der Waals surface area (Å²) in [6.45, 7) is 4.19. The number of aromatic nitrogens is 2. The van der Waals surface area contributed by atoms with Gasteiger partial charge < -0.3 is 14.5 Å². The number of aryl methyl sites for hydroxylation is 2. The molecule has 0 aliphatic carbocycles. The molecule has 162 valence electrons. The molecule has 4 rings (SSSR count). The van der Waals surface area contributed by atoms with Gasteiger partial charge in [-0.2, -0.15) is 5.10 Å². The van der Waals surface area contributed by atoms with Crippen molar-refractivity contribution in [1.29, 1.82) is 0 Å². The van der Waals surface area contributed by atoms with E-state index in [1.54, 1.807) is 16.9 Å². The monoisotopic (exact) mass is 410 g/mol. The van der Waals surface area contributed by atoms with Crippen molar-refractivity contribution in [2.45, 2.75) is 51.0 Å². The van der Waals surface area contributed by atoms with Crippen LogP contribution >= 0.6 is 0 Å². The Balaban J connectivity index is 1.49. The van der Waals surface area contributed by atoms with Gasteiger partial charge in [0.05, 0.1) is 6.54 Å². The summed E-state index contributed by atoms with van der Waals surface area (Å²) in [5.41, 5.74) is 1.97. The van der Waals surface area contributed by atoms with Crippen molar-refractivity contribution in [2.24, 2.45) is 7.05 Å². The lowest BCUT2D eigenvalue weighted by atomic mass is 9.95. The van der Waals surface area contributed by atoms with E-state index in [1.165, 1.54) is 37.8 Å². The van der Waals surface area contributed by atoms with E-state index in [1.807, 2.05) is 18.0 Å². The molecule has 2 bridgehead atoms. The van der Waals surface area contributed by atoms with Crippen molar-refractivity contribution >= 4 is 5.91 Å². The number of ether oxygens (including phenoxy) is 1. The highest BCUT2D eigenvalue weighted by Gasteiger charge is 2.23. The summed E-state index contributed by atoms with van der Waals surface area (Å²) < 4.78 is 7.68. The van der Waals surface area contributed by atoms with Gasteiger partial charge in [0.2, 0.25) is 0 Å². The highest BCUT2D eigenvalue weighted by Crippen LogP contribution is 2.23. The van der Waals surface area contributed by atoms with Gasteiger partial charge in [0.1, 0.15) is 18.1 Å². The van der Waals surface area contributed by atoms with E-state index >= 15 is 0 Å². The zero-order chi connectivity index (χ0) is 20.8. The van der Waals surface area contributed by atoms with Crippen LogP contribution in [0.15, 0.2) is 36.5 Å². The van der Waals surface area contributed by atoms with Crippen molar-refractivity contribution in [3.05, 3.63) is 47.8 Å². The van der Waals surface area contributed by atoms with Gasteiger partial charge in [-0.25, -0.2) is 0 Å². The molecule has 1 aromatic heterocycles. The molecule has 6 heteroatoms. The van der Waals surface area contributed by atoms with E-state index in [-0.39, 0.29) is 5.91 Å². The van der Waals surface area contributed by atoms with E-state index in [0.29, 0.717) is 24.9 Å². The number of rotatable bonds is 1. The standard InChI is InChI=1S/C24H34N4O2/c1-26-23(12-13-25-26)24(29)28-16-5-4-15-27-14-3-2-8-21(27)11-10-20-7-6-9-22(19-20)30-18-17-28/h6-7,9,12-13,19,21H,2-5,8,10-11,14-18H2,1H3. The summed E-state index contributed by atoms with van der Waals surface area (Å²) in [6.07, 6.45) is 10.1. The molecule has 3 heterocycles. The molecule has 1 amide bonds. The lowest BCUT2D eigenvalue weighted by molar-refractivity contribution is 0.0710. The van der Waals surface area contributed by atoms with E-state index in [9.17, 15) is 4.79 Å². The second kappa shape index (κ2) is 10.1. The molecule has 1 unspecified atom stereocenters. The van der Waals surface area contributed by atoms with Gasteiger partial charge >= 0.3 is 0 Å². The van der Waals surface area contributed by atoms with Crippen molar-refractivity contribution in [3.8, 4) is 5.75 Å². The molecule has 2 aliphatic rings. The molecule has 2 aromatic rings. The highest BCUT2D eigenvalue weighted by atomic mass is 16.5. The number of amides is 1. The molecule has 2 aliphatic heterocycles. The zero-order valence-electron chi connectivity index (χ0n) is 18.1. The van der Waals surface area contributed by atoms with E-state index in [0.717, 1.165) is 38.1 Å². The van der Waals surface area contributed by atoms with Crippen LogP contribution < -0.4 is 4.74 Å². The smallest absolute Gasteiger partial charge is 0.272 e. The number of fused-ring (bicyclic) bond motifs is 3. The molecule has 30 heavy (non-hydrogen) atoms. The van der Waals surface area contributed by atoms with Gasteiger partial charge in [-0.1, -0.05) is 18.6 Å². The molecule has 1 atom stereocenters. The predicted molar refractivity (Wildman–Crippen MR) is 118 cm³/mol. The first kappa shape index (κ1) is 20.9. The molecule has 6 nitrogen and oxygen atoms in total. The van der Waals surface area contributed by atoms with Crippen molar-refractivity contribution in [1.82, 2.24) is 19.6 Å². The van der Waals surface area contributed by atoms with Crippen molar-refractivity contribution in [2.75, 3.05) is 32.8 Å². The molecule has 0 saturated carbocycles. The molecule has 0 radical (unpaired) electrons. The summed E-state index contributed by atoms with van der Waals surface area (Å²) in [5.74, 6) is 0.934. The molecule has 1 aromatic carbocycles. The fourth-order valence-electron chi connectivity index (χ4n) is 4.76. The number of piperidine rings is 1. The van der Waals surface area contributed by atoms with Crippen LogP contribution in [0.5, 0.6) is 5.75 Å². The van der Waals surface area contributed by atoms with Gasteiger partial charge in [-0.15, -0.1) is 0 Å². The van der Waals surface area contributed by atoms with Crippen LogP contribution in [-0.2, 0) is 13.5 Å². The first-order chi connectivity index (χ1) is 14.7. The molecular weight excluding hydrogens is 376 g/mol. The Morgan fingerprint density at radius 3 is 2.70 bits per heavy atom. The van der Waals surface area contributed by atoms with Crippen LogP contribution in [0.25, 0.3) is 0 Å². The number of hydrogen-bond donors (Lipinski definition) is 0. The molecule has 1 saturated heterocycles. The summed E-state index contributed by atoms with van der Waals surface area (Å²) in [4.78, 5) is 17.7. The number of nitrogens with zero attached hydrogens (tertiary/aromatic N) is 4. The Bertz CT molecular complexity index is 834. The van der Waals surface area contributed by atoms with Crippen LogP contribution in [0.2, 0.25) is 0 Å². The molecule has 0 spiro atoms. The third kappa shape index (κ3) is 5.22. The van der Waals surface area contributed by atoms with Crippen LogP contribution in [0, 0.1) is 0 Å². The van der Waals surface area contributed by atoms with Crippen molar-refractivity contribution in [3.63, 3.8) is 0 Å². The molecule has 1 fully saturated rings. The normalized spacial score (nSPS) is 21.8. The van der Waals surface area contributed by atoms with Gasteiger partial charge in [0.15, 0.2) is 0 Å². The Labute approximate surface area is 179 Å². The molecular formula is C24H34N4O2. The second-order valence-electron chi connectivity index (χ2n) is 8.56. The average molecular weight is 411 g/mol. The maximum Gasteiger partial charge on any atom is 0.272 e. The number of hydrogen-bond acceptors (Lipinski definition) is 4. The summed E-state index contributed by atoms with van der Waals surface area (Å²) >= 11 is 0. The minimum Gasteiger partial charge on any atom is -0.492 e. The Morgan fingerprint density at radius 1 is 1.03 bits per heavy atom. The number of carbonyl (C=O) groups excluding carboxylic acids is 1. The van der Waals surface area contributed by atoms with Crippen LogP contribution in [-0.4, -0.2) is 64.3 Å². The minimum atomic E-state index is 0.0347. The van der Waals surface area contributed by atoms with Gasteiger partial charge in [0.25, 0.3) is 5.91 Å². The largest absolute Gasteiger partial charge is 0.492 e. The lowest BCUT2D eigenvalue weighted by Crippen LogP contribution is -2.41. The van der Waals surface area contributed by atoms with E-state index in [2.05, 4.69) is 28.2 Å². The number of benzene rings is 1.